The molecular formula is C21H25ClN6O. The fraction of sp³-hybridized carbons (Fsp3) is 0.381. The zero-order valence-electron chi connectivity index (χ0n) is 16.3. The Morgan fingerprint density at radius 1 is 1.21 bits per heavy atom. The predicted octanol–water partition coefficient (Wildman–Crippen LogP) is 3.00. The first-order valence-corrected chi connectivity index (χ1v) is 9.91. The van der Waals surface area contributed by atoms with E-state index in [1.165, 1.54) is 18.4 Å². The molecule has 1 atom stereocenters. The van der Waals surface area contributed by atoms with Crippen molar-refractivity contribution >= 4 is 18.3 Å². The van der Waals surface area contributed by atoms with Crippen molar-refractivity contribution in [3.8, 4) is 17.1 Å². The van der Waals surface area contributed by atoms with E-state index < -0.39 is 0 Å². The molecule has 29 heavy (non-hydrogen) atoms. The van der Waals surface area contributed by atoms with Crippen molar-refractivity contribution in [3.63, 3.8) is 0 Å². The van der Waals surface area contributed by atoms with Gasteiger partial charge in [-0.25, -0.2) is 9.67 Å². The van der Waals surface area contributed by atoms with Gasteiger partial charge in [0.25, 0.3) is 5.91 Å². The van der Waals surface area contributed by atoms with Crippen molar-refractivity contribution in [2.45, 2.75) is 31.7 Å². The smallest absolute Gasteiger partial charge is 0.274 e. The number of rotatable bonds is 4. The maximum absolute atomic E-state index is 12.7. The molecule has 1 saturated heterocycles. The average molecular weight is 413 g/mol. The number of piperazine rings is 1. The molecule has 2 aromatic heterocycles. The maximum Gasteiger partial charge on any atom is 0.274 e. The second kappa shape index (κ2) is 8.00. The summed E-state index contributed by atoms with van der Waals surface area (Å²) in [6, 6.07) is 8.89. The Kier molecular flexibility index (Phi) is 5.43. The van der Waals surface area contributed by atoms with Gasteiger partial charge in [-0.2, -0.15) is 5.10 Å². The quantitative estimate of drug-likeness (QED) is 0.690. The van der Waals surface area contributed by atoms with Crippen LogP contribution in [0.3, 0.4) is 0 Å². The number of hydrogen-bond donors (Lipinski definition) is 2. The summed E-state index contributed by atoms with van der Waals surface area (Å²) in [5.41, 5.74) is 3.74. The topological polar surface area (TPSA) is 78.8 Å². The summed E-state index contributed by atoms with van der Waals surface area (Å²) >= 11 is 0. The summed E-state index contributed by atoms with van der Waals surface area (Å²) in [4.78, 5) is 22.2. The molecule has 0 spiro atoms. The van der Waals surface area contributed by atoms with Crippen molar-refractivity contribution in [3.05, 3.63) is 54.1 Å². The fourth-order valence-corrected chi connectivity index (χ4v) is 3.76. The van der Waals surface area contributed by atoms with Crippen LogP contribution in [0.25, 0.3) is 17.1 Å². The standard InChI is InChI=1S/C21H24N6O.ClH/c1-14-12-26(9-8-22-14)21(28)19-11-23-20(25-19)17-10-24-27(13-17)18-6-4-16(5-7-18)15-2-3-15;/h4-7,10-11,13-15,22H,2-3,8-9,12H2,1H3,(H,23,25);1H/t14-;/m0./s1. The Hall–Kier alpha value is -2.64. The minimum absolute atomic E-state index is 0. The van der Waals surface area contributed by atoms with Crippen molar-refractivity contribution < 1.29 is 4.79 Å². The van der Waals surface area contributed by atoms with E-state index in [-0.39, 0.29) is 18.3 Å². The number of carbonyl (C=O) groups excluding carboxylic acids is 1. The Bertz CT molecular complexity index is 991. The molecule has 1 aliphatic heterocycles. The lowest BCUT2D eigenvalue weighted by molar-refractivity contribution is 0.0704. The molecule has 1 aromatic carbocycles. The van der Waals surface area contributed by atoms with Gasteiger partial charge >= 0.3 is 0 Å². The molecule has 0 radical (unpaired) electrons. The number of halogens is 1. The molecule has 7 nitrogen and oxygen atoms in total. The van der Waals surface area contributed by atoms with Crippen LogP contribution in [0, 0.1) is 0 Å². The summed E-state index contributed by atoms with van der Waals surface area (Å²) in [5, 5.41) is 7.81. The summed E-state index contributed by atoms with van der Waals surface area (Å²) in [7, 11) is 0. The first kappa shape index (κ1) is 19.7. The molecule has 0 unspecified atom stereocenters. The molecule has 2 fully saturated rings. The van der Waals surface area contributed by atoms with Crippen molar-refractivity contribution in [2.75, 3.05) is 19.6 Å². The number of imidazole rings is 1. The third-order valence-corrected chi connectivity index (χ3v) is 5.52. The van der Waals surface area contributed by atoms with Gasteiger partial charge in [-0.05, 0) is 43.4 Å². The van der Waals surface area contributed by atoms with Crippen LogP contribution in [0.5, 0.6) is 0 Å². The van der Waals surface area contributed by atoms with Gasteiger partial charge in [0.1, 0.15) is 11.5 Å². The molecule has 0 bridgehead atoms. The summed E-state index contributed by atoms with van der Waals surface area (Å²) in [5.74, 6) is 1.38. The number of aromatic amines is 1. The molecule has 3 heterocycles. The van der Waals surface area contributed by atoms with Crippen LogP contribution < -0.4 is 5.32 Å². The number of hydrogen-bond acceptors (Lipinski definition) is 4. The number of amides is 1. The molecule has 1 amide bonds. The lowest BCUT2D eigenvalue weighted by Crippen LogP contribution is -2.51. The number of carbonyl (C=O) groups is 1. The summed E-state index contributed by atoms with van der Waals surface area (Å²) in [6.45, 7) is 4.31. The van der Waals surface area contributed by atoms with Crippen LogP contribution in [-0.2, 0) is 0 Å². The van der Waals surface area contributed by atoms with Crippen LogP contribution in [0.4, 0.5) is 0 Å². The maximum atomic E-state index is 12.7. The zero-order valence-corrected chi connectivity index (χ0v) is 17.2. The molecule has 3 aromatic rings. The average Bonchev–Trinajstić information content (AvgIpc) is 3.25. The molecule has 2 aliphatic rings. The van der Waals surface area contributed by atoms with E-state index in [2.05, 4.69) is 51.6 Å². The van der Waals surface area contributed by atoms with Gasteiger partial charge in [0, 0.05) is 38.1 Å². The van der Waals surface area contributed by atoms with E-state index in [0.29, 0.717) is 30.6 Å². The second-order valence-electron chi connectivity index (χ2n) is 7.78. The molecule has 2 N–H and O–H groups in total. The third-order valence-electron chi connectivity index (χ3n) is 5.52. The number of benzene rings is 1. The minimum Gasteiger partial charge on any atom is -0.344 e. The first-order chi connectivity index (χ1) is 13.7. The van der Waals surface area contributed by atoms with Gasteiger partial charge in [0.15, 0.2) is 0 Å². The highest BCUT2D eigenvalue weighted by Crippen LogP contribution is 2.40. The van der Waals surface area contributed by atoms with Crippen LogP contribution in [0.1, 0.15) is 41.7 Å². The lowest BCUT2D eigenvalue weighted by atomic mass is 10.1. The molecule has 1 aliphatic carbocycles. The van der Waals surface area contributed by atoms with E-state index in [9.17, 15) is 4.79 Å². The van der Waals surface area contributed by atoms with Crippen molar-refractivity contribution in [1.29, 1.82) is 0 Å². The molecular weight excluding hydrogens is 388 g/mol. The highest BCUT2D eigenvalue weighted by molar-refractivity contribution is 5.92. The Labute approximate surface area is 175 Å². The van der Waals surface area contributed by atoms with E-state index in [4.69, 9.17) is 0 Å². The number of nitrogens with one attached hydrogen (secondary N) is 2. The predicted molar refractivity (Wildman–Crippen MR) is 114 cm³/mol. The van der Waals surface area contributed by atoms with Gasteiger partial charge in [-0.1, -0.05) is 12.1 Å². The number of H-pyrrole nitrogens is 1. The Morgan fingerprint density at radius 3 is 2.72 bits per heavy atom. The third kappa shape index (κ3) is 4.06. The van der Waals surface area contributed by atoms with Crippen molar-refractivity contribution in [2.24, 2.45) is 0 Å². The second-order valence-corrected chi connectivity index (χ2v) is 7.78. The van der Waals surface area contributed by atoms with Crippen LogP contribution in [-0.4, -0.2) is 56.2 Å². The molecule has 8 heteroatoms. The van der Waals surface area contributed by atoms with Gasteiger partial charge in [-0.15, -0.1) is 12.4 Å². The largest absolute Gasteiger partial charge is 0.344 e. The monoisotopic (exact) mass is 412 g/mol. The number of aromatic nitrogens is 4. The van der Waals surface area contributed by atoms with E-state index in [1.807, 2.05) is 15.8 Å². The van der Waals surface area contributed by atoms with Crippen LogP contribution in [0.15, 0.2) is 42.9 Å². The van der Waals surface area contributed by atoms with E-state index in [1.54, 1.807) is 12.4 Å². The van der Waals surface area contributed by atoms with Crippen LogP contribution >= 0.6 is 12.4 Å². The van der Waals surface area contributed by atoms with Gasteiger partial charge in [-0.3, -0.25) is 4.79 Å². The normalized spacial score (nSPS) is 19.1. The lowest BCUT2D eigenvalue weighted by Gasteiger charge is -2.31. The highest BCUT2D eigenvalue weighted by atomic mass is 35.5. The molecule has 5 rings (SSSR count). The van der Waals surface area contributed by atoms with E-state index in [0.717, 1.165) is 23.7 Å². The van der Waals surface area contributed by atoms with Crippen LogP contribution in [0.2, 0.25) is 0 Å². The highest BCUT2D eigenvalue weighted by Gasteiger charge is 2.24. The minimum atomic E-state index is -0.0288. The Balaban J connectivity index is 0.00000205. The van der Waals surface area contributed by atoms with Gasteiger partial charge in [0.2, 0.25) is 0 Å². The Morgan fingerprint density at radius 2 is 2.00 bits per heavy atom. The SMILES string of the molecule is C[C@H]1CN(C(=O)c2c[nH]c(-c3cnn(-c4ccc(C5CC5)cc4)c3)n2)CCN1.Cl. The molecule has 1 saturated carbocycles. The van der Waals surface area contributed by atoms with Gasteiger partial charge < -0.3 is 15.2 Å². The fourth-order valence-electron chi connectivity index (χ4n) is 3.76. The van der Waals surface area contributed by atoms with E-state index >= 15 is 0 Å². The first-order valence-electron chi connectivity index (χ1n) is 9.91. The van der Waals surface area contributed by atoms with Crippen molar-refractivity contribution in [1.82, 2.24) is 30.0 Å². The summed E-state index contributed by atoms with van der Waals surface area (Å²) < 4.78 is 1.84. The molecule has 152 valence electrons. The summed E-state index contributed by atoms with van der Waals surface area (Å²) in [6.07, 6.45) is 8.00. The zero-order chi connectivity index (χ0) is 19.1. The van der Waals surface area contributed by atoms with Gasteiger partial charge in [0.05, 0.1) is 17.4 Å². The number of nitrogens with zero attached hydrogens (tertiary/aromatic N) is 4.